The highest BCUT2D eigenvalue weighted by Gasteiger charge is 2.49. The molecule has 0 aromatic heterocycles. The van der Waals surface area contributed by atoms with Gasteiger partial charge < -0.3 is 16.4 Å². The Kier molecular flexibility index (Phi) is 7.68. The summed E-state index contributed by atoms with van der Waals surface area (Å²) in [5.41, 5.74) is -1.05. The first-order chi connectivity index (χ1) is 7.27. The molecule has 104 valence electrons. The second kappa shape index (κ2) is 6.97. The molecule has 0 saturated heterocycles. The number of carboxylic acid groups (broad SMARTS) is 1. The van der Waals surface area contributed by atoms with Crippen molar-refractivity contribution >= 4 is 5.97 Å². The zero-order valence-electron chi connectivity index (χ0n) is 11.9. The van der Waals surface area contributed by atoms with Gasteiger partial charge in [0.05, 0.1) is 5.41 Å². The van der Waals surface area contributed by atoms with E-state index >= 15 is 0 Å². The molecular formula is C13H29NO3. The lowest BCUT2D eigenvalue weighted by Gasteiger charge is -2.46. The van der Waals surface area contributed by atoms with Gasteiger partial charge in [-0.2, -0.15) is 0 Å². The Bertz CT molecular complexity index is 241. The van der Waals surface area contributed by atoms with Gasteiger partial charge in [-0.15, -0.1) is 0 Å². The third-order valence-electron chi connectivity index (χ3n) is 4.59. The number of hydrogen-bond acceptors (Lipinski definition) is 3. The SMILES string of the molecule is CCC(CCO)C(C)(C)C(C)(CC)C(=O)O.N. The van der Waals surface area contributed by atoms with Crippen molar-refractivity contribution in [3.63, 3.8) is 0 Å². The number of carboxylic acids is 1. The zero-order chi connectivity index (χ0) is 13.0. The van der Waals surface area contributed by atoms with Crippen molar-refractivity contribution in [1.82, 2.24) is 6.15 Å². The minimum Gasteiger partial charge on any atom is -0.481 e. The van der Waals surface area contributed by atoms with Crippen LogP contribution in [0.1, 0.15) is 53.9 Å². The van der Waals surface area contributed by atoms with Crippen LogP contribution in [0.2, 0.25) is 0 Å². The molecule has 0 aromatic rings. The molecule has 0 radical (unpaired) electrons. The molecule has 2 atom stereocenters. The maximum absolute atomic E-state index is 11.5. The van der Waals surface area contributed by atoms with Crippen molar-refractivity contribution in [2.75, 3.05) is 6.61 Å². The molecular weight excluding hydrogens is 218 g/mol. The quantitative estimate of drug-likeness (QED) is 0.644. The summed E-state index contributed by atoms with van der Waals surface area (Å²) in [5.74, 6) is -0.505. The molecule has 0 rings (SSSR count). The van der Waals surface area contributed by atoms with Crippen LogP contribution in [0.4, 0.5) is 0 Å². The summed E-state index contributed by atoms with van der Waals surface area (Å²) < 4.78 is 0. The highest BCUT2D eigenvalue weighted by Crippen LogP contribution is 2.49. The molecule has 0 aliphatic heterocycles. The molecule has 0 aliphatic rings. The van der Waals surface area contributed by atoms with Gasteiger partial charge in [-0.05, 0) is 31.1 Å². The van der Waals surface area contributed by atoms with E-state index in [0.717, 1.165) is 6.42 Å². The fourth-order valence-electron chi connectivity index (χ4n) is 2.56. The first kappa shape index (κ1) is 18.7. The lowest BCUT2D eigenvalue weighted by molar-refractivity contribution is -0.159. The van der Waals surface area contributed by atoms with Crippen molar-refractivity contribution in [2.45, 2.75) is 53.9 Å². The summed E-state index contributed by atoms with van der Waals surface area (Å²) in [7, 11) is 0. The Hall–Kier alpha value is -0.610. The molecule has 0 aliphatic carbocycles. The average Bonchev–Trinajstić information content (AvgIpc) is 2.23. The van der Waals surface area contributed by atoms with E-state index in [9.17, 15) is 9.90 Å². The van der Waals surface area contributed by atoms with Crippen LogP contribution in [-0.4, -0.2) is 22.8 Å². The van der Waals surface area contributed by atoms with Crippen molar-refractivity contribution in [3.05, 3.63) is 0 Å². The van der Waals surface area contributed by atoms with Crippen LogP contribution in [0.25, 0.3) is 0 Å². The molecule has 0 spiro atoms. The maximum atomic E-state index is 11.5. The third kappa shape index (κ3) is 3.42. The highest BCUT2D eigenvalue weighted by atomic mass is 16.4. The number of hydrogen-bond donors (Lipinski definition) is 3. The van der Waals surface area contributed by atoms with Crippen LogP contribution in [0.3, 0.4) is 0 Å². The van der Waals surface area contributed by atoms with Crippen LogP contribution in [0.5, 0.6) is 0 Å². The molecule has 4 heteroatoms. The predicted molar refractivity (Wildman–Crippen MR) is 70.3 cm³/mol. The minimum absolute atomic E-state index is 0. The van der Waals surface area contributed by atoms with Gasteiger partial charge in [0.25, 0.3) is 0 Å². The van der Waals surface area contributed by atoms with Gasteiger partial charge in [-0.1, -0.05) is 34.1 Å². The van der Waals surface area contributed by atoms with E-state index in [0.29, 0.717) is 12.8 Å². The third-order valence-corrected chi connectivity index (χ3v) is 4.59. The number of rotatable bonds is 7. The molecule has 5 N–H and O–H groups in total. The van der Waals surface area contributed by atoms with E-state index < -0.39 is 11.4 Å². The highest BCUT2D eigenvalue weighted by molar-refractivity contribution is 5.75. The standard InChI is InChI=1S/C13H26O3.H3N/c1-6-10(8-9-14)12(3,4)13(5,7-2)11(15)16;/h10,14H,6-9H2,1-5H3,(H,15,16);1H3. The van der Waals surface area contributed by atoms with E-state index in [2.05, 4.69) is 6.92 Å². The molecule has 0 bridgehead atoms. The summed E-state index contributed by atoms with van der Waals surface area (Å²) in [6.07, 6.45) is 2.18. The molecule has 0 heterocycles. The molecule has 0 amide bonds. The monoisotopic (exact) mass is 247 g/mol. The predicted octanol–water partition coefficient (Wildman–Crippen LogP) is 3.08. The molecule has 17 heavy (non-hydrogen) atoms. The van der Waals surface area contributed by atoms with Gasteiger partial charge in [0.2, 0.25) is 0 Å². The van der Waals surface area contributed by atoms with Gasteiger partial charge in [-0.25, -0.2) is 0 Å². The van der Waals surface area contributed by atoms with Gasteiger partial charge >= 0.3 is 5.97 Å². The fraction of sp³-hybridized carbons (Fsp3) is 0.923. The number of aliphatic hydroxyl groups excluding tert-OH is 1. The summed E-state index contributed by atoms with van der Waals surface area (Å²) in [6.45, 7) is 9.93. The van der Waals surface area contributed by atoms with E-state index in [1.807, 2.05) is 27.7 Å². The average molecular weight is 247 g/mol. The largest absolute Gasteiger partial charge is 0.481 e. The molecule has 2 unspecified atom stereocenters. The van der Waals surface area contributed by atoms with Gasteiger partial charge in [0.1, 0.15) is 0 Å². The van der Waals surface area contributed by atoms with Gasteiger partial charge in [0, 0.05) is 6.61 Å². The van der Waals surface area contributed by atoms with Gasteiger partial charge in [-0.3, -0.25) is 4.79 Å². The van der Waals surface area contributed by atoms with Crippen molar-refractivity contribution < 1.29 is 15.0 Å². The van der Waals surface area contributed by atoms with Crippen molar-refractivity contribution in [2.24, 2.45) is 16.7 Å². The van der Waals surface area contributed by atoms with Crippen LogP contribution in [0, 0.1) is 16.7 Å². The molecule has 4 nitrogen and oxygen atoms in total. The Morgan fingerprint density at radius 1 is 1.24 bits per heavy atom. The van der Waals surface area contributed by atoms with Crippen LogP contribution in [0.15, 0.2) is 0 Å². The number of carbonyl (C=O) groups is 1. The van der Waals surface area contributed by atoms with E-state index in [1.54, 1.807) is 0 Å². The second-order valence-electron chi connectivity index (χ2n) is 5.33. The molecule has 0 aromatic carbocycles. The minimum atomic E-state index is -0.739. The van der Waals surface area contributed by atoms with Crippen molar-refractivity contribution in [3.8, 4) is 0 Å². The molecule has 0 fully saturated rings. The smallest absolute Gasteiger partial charge is 0.309 e. The molecule has 0 saturated carbocycles. The van der Waals surface area contributed by atoms with E-state index in [-0.39, 0.29) is 24.1 Å². The Morgan fingerprint density at radius 2 is 1.71 bits per heavy atom. The number of aliphatic carboxylic acids is 1. The van der Waals surface area contributed by atoms with Gasteiger partial charge in [0.15, 0.2) is 0 Å². The van der Waals surface area contributed by atoms with Crippen LogP contribution in [-0.2, 0) is 4.79 Å². The summed E-state index contributed by atoms with van der Waals surface area (Å²) in [5, 5.41) is 18.5. The summed E-state index contributed by atoms with van der Waals surface area (Å²) in [6, 6.07) is 0. The Balaban J connectivity index is 0. The first-order valence-corrected chi connectivity index (χ1v) is 6.12. The Labute approximate surface area is 105 Å². The van der Waals surface area contributed by atoms with Crippen LogP contribution < -0.4 is 6.15 Å². The van der Waals surface area contributed by atoms with E-state index in [4.69, 9.17) is 5.11 Å². The maximum Gasteiger partial charge on any atom is 0.309 e. The summed E-state index contributed by atoms with van der Waals surface area (Å²) >= 11 is 0. The summed E-state index contributed by atoms with van der Waals surface area (Å²) in [4.78, 5) is 11.5. The zero-order valence-corrected chi connectivity index (χ0v) is 11.9. The topological polar surface area (TPSA) is 92.5 Å². The lowest BCUT2D eigenvalue weighted by Crippen LogP contribution is -2.46. The second-order valence-corrected chi connectivity index (χ2v) is 5.33. The number of aliphatic hydroxyl groups is 1. The Morgan fingerprint density at radius 3 is 1.94 bits per heavy atom. The first-order valence-electron chi connectivity index (χ1n) is 6.12. The van der Waals surface area contributed by atoms with E-state index in [1.165, 1.54) is 0 Å². The normalized spacial score (nSPS) is 16.8. The fourth-order valence-corrected chi connectivity index (χ4v) is 2.56. The lowest BCUT2D eigenvalue weighted by atomic mass is 9.57. The van der Waals surface area contributed by atoms with Crippen molar-refractivity contribution in [1.29, 1.82) is 0 Å². The van der Waals surface area contributed by atoms with Crippen LogP contribution >= 0.6 is 0 Å².